The highest BCUT2D eigenvalue weighted by atomic mass is 19.4. The fourth-order valence-electron chi connectivity index (χ4n) is 3.62. The summed E-state index contributed by atoms with van der Waals surface area (Å²) in [6.45, 7) is 9.74. The van der Waals surface area contributed by atoms with E-state index >= 15 is 0 Å². The SMILES string of the molecule is CCCC(=O)O.CCCCCCCCCCCCCCNCCCC(=O)NC(C(N)=O)C(C)C.O=C(O)C(F)(F)F. The Bertz CT molecular complexity index is 677. The maximum absolute atomic E-state index is 11.9. The average molecular weight is 600 g/mol. The van der Waals surface area contributed by atoms with Crippen LogP contribution >= 0.6 is 0 Å². The molecule has 6 N–H and O–H groups in total. The normalized spacial score (nSPS) is 11.5. The van der Waals surface area contributed by atoms with Gasteiger partial charge in [-0.15, -0.1) is 0 Å². The van der Waals surface area contributed by atoms with Gasteiger partial charge in [-0.1, -0.05) is 98.3 Å². The first-order chi connectivity index (χ1) is 19.2. The van der Waals surface area contributed by atoms with E-state index in [1.54, 1.807) is 0 Å². The Morgan fingerprint density at radius 3 is 1.44 bits per heavy atom. The van der Waals surface area contributed by atoms with Gasteiger partial charge >= 0.3 is 18.1 Å². The van der Waals surface area contributed by atoms with Crippen LogP contribution < -0.4 is 16.4 Å². The molecule has 0 spiro atoms. The van der Waals surface area contributed by atoms with Gasteiger partial charge in [0.25, 0.3) is 0 Å². The summed E-state index contributed by atoms with van der Waals surface area (Å²) in [5, 5.41) is 21.2. The van der Waals surface area contributed by atoms with E-state index in [1.165, 1.54) is 77.0 Å². The number of rotatable bonds is 22. The molecular formula is C29H56F3N3O6. The van der Waals surface area contributed by atoms with Crippen LogP contribution in [0, 0.1) is 5.92 Å². The lowest BCUT2D eigenvalue weighted by atomic mass is 10.0. The Kier molecular flexibility index (Phi) is 30.6. The molecule has 0 saturated carbocycles. The van der Waals surface area contributed by atoms with Crippen LogP contribution in [0.3, 0.4) is 0 Å². The maximum atomic E-state index is 11.9. The highest BCUT2D eigenvalue weighted by molar-refractivity contribution is 5.86. The fourth-order valence-corrected chi connectivity index (χ4v) is 3.62. The van der Waals surface area contributed by atoms with Gasteiger partial charge < -0.3 is 26.6 Å². The van der Waals surface area contributed by atoms with Crippen LogP contribution in [0.15, 0.2) is 0 Å². The highest BCUT2D eigenvalue weighted by Gasteiger charge is 2.38. The Hall–Kier alpha value is -2.37. The molecule has 0 bridgehead atoms. The Labute approximate surface area is 244 Å². The van der Waals surface area contributed by atoms with Crippen molar-refractivity contribution in [2.75, 3.05) is 13.1 Å². The highest BCUT2D eigenvalue weighted by Crippen LogP contribution is 2.13. The number of primary amides is 1. The average Bonchev–Trinajstić information content (AvgIpc) is 2.86. The first-order valence-electron chi connectivity index (χ1n) is 15.0. The van der Waals surface area contributed by atoms with Gasteiger partial charge in [0.15, 0.2) is 0 Å². The Balaban J connectivity index is -0.000000911. The molecule has 0 aromatic rings. The van der Waals surface area contributed by atoms with Gasteiger partial charge in [0.05, 0.1) is 0 Å². The topological polar surface area (TPSA) is 159 Å². The zero-order valence-corrected chi connectivity index (χ0v) is 25.6. The van der Waals surface area contributed by atoms with Gasteiger partial charge in [-0.25, -0.2) is 4.79 Å². The second-order valence-corrected chi connectivity index (χ2v) is 10.4. The number of nitrogens with two attached hydrogens (primary N) is 1. The molecule has 0 aliphatic carbocycles. The molecule has 12 heteroatoms. The van der Waals surface area contributed by atoms with E-state index in [-0.39, 0.29) is 11.8 Å². The number of carbonyl (C=O) groups is 4. The lowest BCUT2D eigenvalue weighted by molar-refractivity contribution is -0.192. The van der Waals surface area contributed by atoms with Gasteiger partial charge in [0.1, 0.15) is 6.04 Å². The van der Waals surface area contributed by atoms with Crippen LogP contribution in [0.4, 0.5) is 13.2 Å². The number of carboxylic acids is 2. The van der Waals surface area contributed by atoms with Gasteiger partial charge in [0.2, 0.25) is 11.8 Å². The number of carbonyl (C=O) groups excluding carboxylic acids is 2. The van der Waals surface area contributed by atoms with E-state index < -0.39 is 30.1 Å². The van der Waals surface area contributed by atoms with E-state index in [0.29, 0.717) is 12.8 Å². The van der Waals surface area contributed by atoms with Crippen LogP contribution in [0.1, 0.15) is 130 Å². The molecule has 1 atom stereocenters. The fraction of sp³-hybridized carbons (Fsp3) is 0.862. The zero-order chi connectivity index (χ0) is 32.1. The lowest BCUT2D eigenvalue weighted by Gasteiger charge is -2.18. The van der Waals surface area contributed by atoms with Crippen molar-refractivity contribution in [3.05, 3.63) is 0 Å². The third kappa shape index (κ3) is 35.6. The van der Waals surface area contributed by atoms with E-state index in [2.05, 4.69) is 17.6 Å². The Morgan fingerprint density at radius 1 is 0.707 bits per heavy atom. The van der Waals surface area contributed by atoms with Crippen LogP contribution in [0.2, 0.25) is 0 Å². The van der Waals surface area contributed by atoms with Crippen molar-refractivity contribution in [3.63, 3.8) is 0 Å². The van der Waals surface area contributed by atoms with Crippen molar-refractivity contribution < 1.29 is 42.6 Å². The summed E-state index contributed by atoms with van der Waals surface area (Å²) >= 11 is 0. The van der Waals surface area contributed by atoms with Crippen molar-refractivity contribution in [1.29, 1.82) is 0 Å². The first kappa shape index (κ1) is 43.1. The van der Waals surface area contributed by atoms with Gasteiger partial charge in [-0.3, -0.25) is 14.4 Å². The molecule has 0 fully saturated rings. The third-order valence-corrected chi connectivity index (χ3v) is 5.96. The second kappa shape index (κ2) is 29.1. The van der Waals surface area contributed by atoms with Crippen LogP contribution in [-0.2, 0) is 19.2 Å². The van der Waals surface area contributed by atoms with Crippen LogP contribution in [-0.4, -0.2) is 59.3 Å². The molecule has 1 unspecified atom stereocenters. The summed E-state index contributed by atoms with van der Waals surface area (Å²) in [4.78, 5) is 41.7. The molecule has 0 aromatic carbocycles. The van der Waals surface area contributed by atoms with Crippen LogP contribution in [0.25, 0.3) is 0 Å². The molecule has 0 heterocycles. The summed E-state index contributed by atoms with van der Waals surface area (Å²) in [7, 11) is 0. The van der Waals surface area contributed by atoms with Gasteiger partial charge in [-0.05, 0) is 38.3 Å². The molecule has 0 saturated heterocycles. The number of amides is 2. The predicted octanol–water partition coefficient (Wildman–Crippen LogP) is 6.19. The van der Waals surface area contributed by atoms with Crippen molar-refractivity contribution in [1.82, 2.24) is 10.6 Å². The largest absolute Gasteiger partial charge is 0.490 e. The van der Waals surface area contributed by atoms with Gasteiger partial charge in [-0.2, -0.15) is 13.2 Å². The van der Waals surface area contributed by atoms with Gasteiger partial charge in [0, 0.05) is 12.8 Å². The first-order valence-corrected chi connectivity index (χ1v) is 15.0. The second-order valence-electron chi connectivity index (χ2n) is 10.4. The van der Waals surface area contributed by atoms with E-state index in [9.17, 15) is 27.6 Å². The van der Waals surface area contributed by atoms with Crippen molar-refractivity contribution in [2.45, 2.75) is 143 Å². The number of unbranched alkanes of at least 4 members (excludes halogenated alkanes) is 11. The lowest BCUT2D eigenvalue weighted by Crippen LogP contribution is -2.47. The third-order valence-electron chi connectivity index (χ3n) is 5.96. The molecule has 0 radical (unpaired) electrons. The maximum Gasteiger partial charge on any atom is 0.490 e. The molecule has 41 heavy (non-hydrogen) atoms. The van der Waals surface area contributed by atoms with E-state index in [4.69, 9.17) is 20.7 Å². The number of hydrogen-bond acceptors (Lipinski definition) is 5. The number of carboxylic acid groups (broad SMARTS) is 2. The van der Waals surface area contributed by atoms with Crippen molar-refractivity contribution in [2.24, 2.45) is 11.7 Å². The number of nitrogens with one attached hydrogen (secondary N) is 2. The molecule has 0 aromatic heterocycles. The zero-order valence-electron chi connectivity index (χ0n) is 25.6. The molecule has 0 aliphatic rings. The summed E-state index contributed by atoms with van der Waals surface area (Å²) in [5.74, 6) is -4.01. The Morgan fingerprint density at radius 2 is 1.12 bits per heavy atom. The van der Waals surface area contributed by atoms with Crippen LogP contribution in [0.5, 0.6) is 0 Å². The van der Waals surface area contributed by atoms with Crippen molar-refractivity contribution >= 4 is 23.8 Å². The van der Waals surface area contributed by atoms with E-state index in [0.717, 1.165) is 25.9 Å². The standard InChI is InChI=1S/C23H47N3O2.C4H8O2.C2HF3O2/c1-4-5-6-7-8-9-10-11-12-13-14-15-18-25-19-16-17-21(27)26-22(20(2)3)23(24)28;1-2-3-4(5)6;3-2(4,5)1(6)7/h20,22,25H,4-19H2,1-3H3,(H2,24,28)(H,26,27);2-3H2,1H3,(H,5,6);(H,6,7). The number of aliphatic carboxylic acids is 2. The molecule has 0 aliphatic heterocycles. The molecule has 9 nitrogen and oxygen atoms in total. The number of alkyl halides is 3. The predicted molar refractivity (Wildman–Crippen MR) is 155 cm³/mol. The summed E-state index contributed by atoms with van der Waals surface area (Å²) in [6, 6.07) is -0.568. The number of hydrogen-bond donors (Lipinski definition) is 5. The minimum atomic E-state index is -5.08. The molecular weight excluding hydrogens is 543 g/mol. The molecule has 244 valence electrons. The quantitative estimate of drug-likeness (QED) is 0.0928. The summed E-state index contributed by atoms with van der Waals surface area (Å²) in [6.07, 6.45) is 13.6. The molecule has 2 amide bonds. The molecule has 0 rings (SSSR count). The number of halogens is 3. The van der Waals surface area contributed by atoms with E-state index in [1.807, 2.05) is 20.8 Å². The summed E-state index contributed by atoms with van der Waals surface area (Å²) in [5.41, 5.74) is 5.31. The monoisotopic (exact) mass is 599 g/mol. The minimum absolute atomic E-state index is 0.0189. The summed E-state index contributed by atoms with van der Waals surface area (Å²) < 4.78 is 31.7. The minimum Gasteiger partial charge on any atom is -0.481 e. The smallest absolute Gasteiger partial charge is 0.481 e. The van der Waals surface area contributed by atoms with Crippen molar-refractivity contribution in [3.8, 4) is 0 Å².